The molecule has 0 unspecified atom stereocenters. The van der Waals surface area contributed by atoms with Gasteiger partial charge in [0.1, 0.15) is 11.5 Å². The lowest BCUT2D eigenvalue weighted by Crippen LogP contribution is -2.56. The van der Waals surface area contributed by atoms with Gasteiger partial charge < -0.3 is 24.6 Å². The number of urea groups is 2. The molecule has 4 amide bonds. The quantitative estimate of drug-likeness (QED) is 0.545. The number of piperidine rings is 1. The molecule has 1 atom stereocenters. The zero-order chi connectivity index (χ0) is 27.2. The van der Waals surface area contributed by atoms with E-state index in [1.54, 1.807) is 14.2 Å². The maximum absolute atomic E-state index is 13.8. The van der Waals surface area contributed by atoms with Crippen LogP contribution in [0.5, 0.6) is 11.5 Å². The first-order valence-corrected chi connectivity index (χ1v) is 13.7. The lowest BCUT2D eigenvalue weighted by Gasteiger charge is -2.44. The van der Waals surface area contributed by atoms with Crippen LogP contribution in [0.3, 0.4) is 0 Å². The average molecular weight is 523 g/mol. The molecule has 1 aromatic rings. The molecule has 1 N–H and O–H groups in total. The van der Waals surface area contributed by atoms with Crippen LogP contribution in [0, 0.1) is 0 Å². The summed E-state index contributed by atoms with van der Waals surface area (Å²) in [5.74, 6) is 1.56. The molecule has 38 heavy (non-hydrogen) atoms. The van der Waals surface area contributed by atoms with Gasteiger partial charge in [-0.15, -0.1) is 0 Å². The minimum atomic E-state index is -0.424. The summed E-state index contributed by atoms with van der Waals surface area (Å²) in [7, 11) is 3.32. The van der Waals surface area contributed by atoms with Gasteiger partial charge in [0.25, 0.3) is 0 Å². The number of carbonyl (C=O) groups excluding carboxylic acids is 2. The predicted molar refractivity (Wildman–Crippen MR) is 149 cm³/mol. The molecule has 206 valence electrons. The van der Waals surface area contributed by atoms with Gasteiger partial charge in [-0.3, -0.25) is 4.90 Å². The first-order valence-electron chi connectivity index (χ1n) is 13.7. The number of hydrogen-bond acceptors (Lipinski definition) is 4. The van der Waals surface area contributed by atoms with E-state index < -0.39 is 5.54 Å². The van der Waals surface area contributed by atoms with Crippen molar-refractivity contribution >= 4 is 12.1 Å². The molecular weight excluding hydrogens is 480 g/mol. The second-order valence-electron chi connectivity index (χ2n) is 11.0. The summed E-state index contributed by atoms with van der Waals surface area (Å²) in [4.78, 5) is 32.9. The number of amides is 4. The van der Waals surface area contributed by atoms with Crippen LogP contribution in [0.2, 0.25) is 0 Å². The molecule has 8 heteroatoms. The van der Waals surface area contributed by atoms with Crippen LogP contribution in [-0.4, -0.2) is 66.2 Å². The van der Waals surface area contributed by atoms with Gasteiger partial charge >= 0.3 is 12.1 Å². The molecule has 0 saturated carbocycles. The Bertz CT molecular complexity index is 1250. The number of nitrogens with zero attached hydrogens (tertiary/aromatic N) is 3. The summed E-state index contributed by atoms with van der Waals surface area (Å²) in [6.07, 6.45) is 7.78. The molecule has 8 nitrogen and oxygen atoms in total. The van der Waals surface area contributed by atoms with Crippen LogP contribution in [0.4, 0.5) is 9.59 Å². The zero-order valence-electron chi connectivity index (χ0n) is 23.5. The third-order valence-electron chi connectivity index (χ3n) is 8.78. The van der Waals surface area contributed by atoms with E-state index in [4.69, 9.17) is 9.47 Å². The molecule has 4 aliphatic rings. The highest BCUT2D eigenvalue weighted by molar-refractivity contribution is 5.83. The molecule has 3 aliphatic heterocycles. The van der Waals surface area contributed by atoms with E-state index in [9.17, 15) is 9.59 Å². The molecule has 2 saturated heterocycles. The van der Waals surface area contributed by atoms with Gasteiger partial charge in [0.2, 0.25) is 0 Å². The number of likely N-dealkylation sites (N-methyl/N-ethyl adjacent to an activating group) is 1. The monoisotopic (exact) mass is 522 g/mol. The van der Waals surface area contributed by atoms with Crippen LogP contribution in [-0.2, 0) is 6.54 Å². The van der Waals surface area contributed by atoms with Crippen molar-refractivity contribution in [2.24, 2.45) is 0 Å². The van der Waals surface area contributed by atoms with Crippen molar-refractivity contribution in [2.75, 3.05) is 33.9 Å². The topological polar surface area (TPSA) is 74.4 Å². The predicted octanol–water partition coefficient (Wildman–Crippen LogP) is 5.77. The van der Waals surface area contributed by atoms with Crippen molar-refractivity contribution < 1.29 is 20.5 Å². The molecule has 3 heterocycles. The molecule has 0 radical (unpaired) electrons. The first kappa shape index (κ1) is 26.2. The Morgan fingerprint density at radius 2 is 1.89 bits per heavy atom. The number of methoxy groups -OCH3 is 2. The molecule has 1 aliphatic carbocycles. The van der Waals surface area contributed by atoms with E-state index in [2.05, 4.69) is 38.2 Å². The van der Waals surface area contributed by atoms with Crippen LogP contribution in [0.25, 0.3) is 0 Å². The second-order valence-corrected chi connectivity index (χ2v) is 11.0. The Kier molecular flexibility index (Phi) is 6.92. The summed E-state index contributed by atoms with van der Waals surface area (Å²) in [5, 5.41) is 3.15. The van der Waals surface area contributed by atoms with Gasteiger partial charge in [-0.05, 0) is 69.7 Å². The number of hydrogen-bond donors (Lipinski definition) is 1. The Morgan fingerprint density at radius 1 is 1.16 bits per heavy atom. The van der Waals surface area contributed by atoms with E-state index in [1.165, 1.54) is 11.1 Å². The standard InChI is InChI=1S/C30H40N4O4.H2/c1-7-34-29(36)33-18-22-16-23(37-5)17-25(38-6)27(22)21(4)15-26(33)30(34)10-12-32(13-11-30)28(35)31-24-14-19(2)8-9-20(24)3;/h14-17,21H,7-13,18H2,1-6H3,(H,31,35);1H/t21-;/m0./s1. The minimum absolute atomic E-state index is 0. The second kappa shape index (κ2) is 10.0. The van der Waals surface area contributed by atoms with E-state index >= 15 is 0 Å². The van der Waals surface area contributed by atoms with Crippen molar-refractivity contribution in [1.82, 2.24) is 20.0 Å². The fraction of sp³-hybridized carbons (Fsp3) is 0.533. The van der Waals surface area contributed by atoms with Gasteiger partial charge in [0.05, 0.1) is 26.3 Å². The van der Waals surface area contributed by atoms with Crippen LogP contribution < -0.4 is 14.8 Å². The molecule has 0 bridgehead atoms. The van der Waals surface area contributed by atoms with Gasteiger partial charge in [0.15, 0.2) is 0 Å². The highest BCUT2D eigenvalue weighted by atomic mass is 16.5. The minimum Gasteiger partial charge on any atom is -0.497 e. The summed E-state index contributed by atoms with van der Waals surface area (Å²) in [6.45, 7) is 10.7. The van der Waals surface area contributed by atoms with Crippen molar-refractivity contribution in [3.63, 3.8) is 0 Å². The molecule has 1 spiro atoms. The van der Waals surface area contributed by atoms with Crippen molar-refractivity contribution in [1.29, 1.82) is 0 Å². The van der Waals surface area contributed by atoms with Crippen molar-refractivity contribution in [2.45, 2.75) is 71.4 Å². The lowest BCUT2D eigenvalue weighted by atomic mass is 9.82. The Hall–Kier alpha value is -3.42. The maximum atomic E-state index is 13.8. The fourth-order valence-electron chi connectivity index (χ4n) is 6.64. The van der Waals surface area contributed by atoms with Gasteiger partial charge in [0, 0.05) is 50.0 Å². The van der Waals surface area contributed by atoms with E-state index in [-0.39, 0.29) is 19.4 Å². The van der Waals surface area contributed by atoms with Crippen LogP contribution in [0.1, 0.15) is 71.8 Å². The van der Waals surface area contributed by atoms with Gasteiger partial charge in [-0.25, -0.2) is 9.59 Å². The fourth-order valence-corrected chi connectivity index (χ4v) is 6.64. The summed E-state index contributed by atoms with van der Waals surface area (Å²) >= 11 is 0. The summed E-state index contributed by atoms with van der Waals surface area (Å²) in [6, 6.07) is 3.90. The van der Waals surface area contributed by atoms with Gasteiger partial charge in [-0.1, -0.05) is 18.6 Å². The third kappa shape index (κ3) is 4.24. The smallest absolute Gasteiger partial charge is 0.325 e. The van der Waals surface area contributed by atoms with E-state index in [0.717, 1.165) is 46.9 Å². The molecule has 2 fully saturated rings. The van der Waals surface area contributed by atoms with Crippen LogP contribution in [0.15, 0.2) is 46.8 Å². The van der Waals surface area contributed by atoms with Crippen molar-refractivity contribution in [3.05, 3.63) is 58.0 Å². The van der Waals surface area contributed by atoms with Crippen molar-refractivity contribution in [3.8, 4) is 11.5 Å². The van der Waals surface area contributed by atoms with E-state index in [0.29, 0.717) is 39.0 Å². The largest absolute Gasteiger partial charge is 0.497 e. The van der Waals surface area contributed by atoms with Gasteiger partial charge in [-0.2, -0.15) is 0 Å². The number of likely N-dealkylation sites (tertiary alicyclic amines) is 1. The highest BCUT2D eigenvalue weighted by Crippen LogP contribution is 2.49. The lowest BCUT2D eigenvalue weighted by molar-refractivity contribution is 0.103. The van der Waals surface area contributed by atoms with Crippen LogP contribution >= 0.6 is 0 Å². The number of carbonyl (C=O) groups is 2. The zero-order valence-corrected chi connectivity index (χ0v) is 23.5. The highest BCUT2D eigenvalue weighted by Gasteiger charge is 2.55. The molecule has 5 rings (SSSR count). The number of ether oxygens (including phenoxy) is 2. The number of rotatable bonds is 4. The normalized spacial score (nSPS) is 22.5. The first-order chi connectivity index (χ1) is 18.2. The number of fused-ring (bicyclic) bond motifs is 3. The number of allylic oxidation sites excluding steroid dienone is 4. The SMILES string of the molecule is CCN1C(=O)N2Cc3cc(OC)cc(OC)c3[C@@H](C)C=C2C12CCN(C(=O)NC1=C(C)CCC(C)=C1)CC2.[HH]. The maximum Gasteiger partial charge on any atom is 0.325 e. The summed E-state index contributed by atoms with van der Waals surface area (Å²) in [5.41, 5.74) is 6.20. The number of nitrogens with one attached hydrogen (secondary N) is 1. The third-order valence-corrected chi connectivity index (χ3v) is 8.78. The summed E-state index contributed by atoms with van der Waals surface area (Å²) < 4.78 is 11.3. The molecule has 1 aromatic carbocycles. The average Bonchev–Trinajstić information content (AvgIpc) is 3.01. The Balaban J connectivity index is 0.00000353. The molecular formula is C30H42N4O4. The molecule has 0 aromatic heterocycles. The Morgan fingerprint density at radius 3 is 2.55 bits per heavy atom. The number of benzene rings is 1. The van der Waals surface area contributed by atoms with E-state index in [1.807, 2.05) is 33.8 Å². The Labute approximate surface area is 227 Å².